The van der Waals surface area contributed by atoms with Crippen LogP contribution in [0.2, 0.25) is 0 Å². The van der Waals surface area contributed by atoms with Gasteiger partial charge in [0, 0.05) is 31.8 Å². The normalized spacial score (nSPS) is 28.5. The summed E-state index contributed by atoms with van der Waals surface area (Å²) in [6.07, 6.45) is 6.31. The molecule has 0 radical (unpaired) electrons. The molecule has 2 aliphatic carbocycles. The van der Waals surface area contributed by atoms with Crippen LogP contribution in [0.1, 0.15) is 45.4 Å². The highest BCUT2D eigenvalue weighted by atomic mass is 16.7. The van der Waals surface area contributed by atoms with E-state index in [9.17, 15) is 4.79 Å². The molecule has 4 nitrogen and oxygen atoms in total. The van der Waals surface area contributed by atoms with Crippen LogP contribution in [0, 0.1) is 11.8 Å². The maximum atomic E-state index is 12.4. The smallest absolute Gasteiger partial charge is 0.225 e. The monoisotopic (exact) mass is 267 g/mol. The molecule has 3 aliphatic rings. The molecule has 0 aromatic rings. The SMILES string of the molecule is CC(C(=O)N(C)C1CCC2(CC1)OCCO2)C1CC1. The third-order valence-corrected chi connectivity index (χ3v) is 5.14. The molecule has 19 heavy (non-hydrogen) atoms. The van der Waals surface area contributed by atoms with Gasteiger partial charge in [-0.05, 0) is 31.6 Å². The number of amides is 1. The lowest BCUT2D eigenvalue weighted by atomic mass is 9.88. The van der Waals surface area contributed by atoms with Crippen molar-refractivity contribution >= 4 is 5.91 Å². The van der Waals surface area contributed by atoms with Gasteiger partial charge in [0.15, 0.2) is 5.79 Å². The van der Waals surface area contributed by atoms with Crippen LogP contribution in [0.4, 0.5) is 0 Å². The molecule has 4 heteroatoms. The summed E-state index contributed by atoms with van der Waals surface area (Å²) in [5, 5.41) is 0. The first kappa shape index (κ1) is 13.4. The van der Waals surface area contributed by atoms with Crippen molar-refractivity contribution < 1.29 is 14.3 Å². The molecule has 0 N–H and O–H groups in total. The summed E-state index contributed by atoms with van der Waals surface area (Å²) in [5.41, 5.74) is 0. The minimum atomic E-state index is -0.317. The number of hydrogen-bond acceptors (Lipinski definition) is 3. The number of hydrogen-bond donors (Lipinski definition) is 0. The van der Waals surface area contributed by atoms with Crippen molar-refractivity contribution in [2.24, 2.45) is 11.8 Å². The van der Waals surface area contributed by atoms with Crippen LogP contribution < -0.4 is 0 Å². The van der Waals surface area contributed by atoms with Crippen LogP contribution in [-0.4, -0.2) is 42.9 Å². The van der Waals surface area contributed by atoms with E-state index in [-0.39, 0.29) is 11.7 Å². The molecule has 108 valence electrons. The number of rotatable bonds is 3. The lowest BCUT2D eigenvalue weighted by Crippen LogP contribution is -2.46. The van der Waals surface area contributed by atoms with Crippen molar-refractivity contribution in [3.63, 3.8) is 0 Å². The van der Waals surface area contributed by atoms with Crippen LogP contribution in [0.25, 0.3) is 0 Å². The fourth-order valence-corrected chi connectivity index (χ4v) is 3.51. The Morgan fingerprint density at radius 2 is 1.74 bits per heavy atom. The van der Waals surface area contributed by atoms with Crippen molar-refractivity contribution in [3.8, 4) is 0 Å². The lowest BCUT2D eigenvalue weighted by Gasteiger charge is -2.39. The Labute approximate surface area is 115 Å². The Balaban J connectivity index is 1.53. The maximum absolute atomic E-state index is 12.4. The molecule has 1 aliphatic heterocycles. The van der Waals surface area contributed by atoms with Crippen LogP contribution in [0.5, 0.6) is 0 Å². The molecule has 3 fully saturated rings. The average Bonchev–Trinajstić information content (AvgIpc) is 3.19. The van der Waals surface area contributed by atoms with E-state index in [4.69, 9.17) is 9.47 Å². The molecule has 1 heterocycles. The van der Waals surface area contributed by atoms with Crippen LogP contribution in [-0.2, 0) is 14.3 Å². The van der Waals surface area contributed by atoms with Gasteiger partial charge in [0.25, 0.3) is 0 Å². The third-order valence-electron chi connectivity index (χ3n) is 5.14. The molecule has 1 saturated heterocycles. The highest BCUT2D eigenvalue weighted by Crippen LogP contribution is 2.40. The molecule has 3 rings (SSSR count). The molecule has 1 atom stereocenters. The summed E-state index contributed by atoms with van der Waals surface area (Å²) in [6, 6.07) is 0.368. The van der Waals surface area contributed by atoms with Crippen molar-refractivity contribution in [2.45, 2.75) is 57.3 Å². The van der Waals surface area contributed by atoms with Gasteiger partial charge in [-0.15, -0.1) is 0 Å². The van der Waals surface area contributed by atoms with Crippen LogP contribution in [0.3, 0.4) is 0 Å². The van der Waals surface area contributed by atoms with Crippen molar-refractivity contribution in [2.75, 3.05) is 20.3 Å². The van der Waals surface area contributed by atoms with E-state index in [1.54, 1.807) is 0 Å². The second kappa shape index (κ2) is 5.06. The molecular formula is C15H25NO3. The fraction of sp³-hybridized carbons (Fsp3) is 0.933. The van der Waals surface area contributed by atoms with Crippen molar-refractivity contribution in [3.05, 3.63) is 0 Å². The van der Waals surface area contributed by atoms with E-state index in [1.807, 2.05) is 11.9 Å². The van der Waals surface area contributed by atoms with Crippen LogP contribution in [0.15, 0.2) is 0 Å². The highest BCUT2D eigenvalue weighted by Gasteiger charge is 2.43. The van der Waals surface area contributed by atoms with Crippen LogP contribution >= 0.6 is 0 Å². The number of carbonyl (C=O) groups excluding carboxylic acids is 1. The molecule has 2 saturated carbocycles. The van der Waals surface area contributed by atoms with Gasteiger partial charge in [0.2, 0.25) is 5.91 Å². The predicted octanol–water partition coefficient (Wildman–Crippen LogP) is 2.18. The second-order valence-corrected chi connectivity index (χ2v) is 6.41. The number of ether oxygens (including phenoxy) is 2. The molecule has 0 bridgehead atoms. The molecule has 1 unspecified atom stereocenters. The third kappa shape index (κ3) is 2.65. The average molecular weight is 267 g/mol. The summed E-state index contributed by atoms with van der Waals surface area (Å²) in [5.74, 6) is 0.866. The second-order valence-electron chi connectivity index (χ2n) is 6.41. The first-order valence-electron chi connectivity index (χ1n) is 7.66. The largest absolute Gasteiger partial charge is 0.348 e. The van der Waals surface area contributed by atoms with Gasteiger partial charge in [-0.1, -0.05) is 6.92 Å². The Bertz CT molecular complexity index is 337. The van der Waals surface area contributed by atoms with Gasteiger partial charge in [-0.25, -0.2) is 0 Å². The molecular weight excluding hydrogens is 242 g/mol. The Kier molecular flexibility index (Phi) is 3.56. The highest BCUT2D eigenvalue weighted by molar-refractivity contribution is 5.79. The molecule has 0 aromatic carbocycles. The van der Waals surface area contributed by atoms with Gasteiger partial charge < -0.3 is 14.4 Å². The lowest BCUT2D eigenvalue weighted by molar-refractivity contribution is -0.185. The standard InChI is InChI=1S/C15H25NO3/c1-11(12-3-4-12)14(17)16(2)13-5-7-15(8-6-13)18-9-10-19-15/h11-13H,3-10H2,1-2H3. The van der Waals surface area contributed by atoms with Gasteiger partial charge in [-0.3, -0.25) is 4.79 Å². The topological polar surface area (TPSA) is 38.8 Å². The summed E-state index contributed by atoms with van der Waals surface area (Å²) in [7, 11) is 1.97. The van der Waals surface area contributed by atoms with E-state index < -0.39 is 0 Å². The molecule has 1 spiro atoms. The van der Waals surface area contributed by atoms with E-state index in [2.05, 4.69) is 6.92 Å². The van der Waals surface area contributed by atoms with Gasteiger partial charge in [0.05, 0.1) is 13.2 Å². The quantitative estimate of drug-likeness (QED) is 0.786. The minimum Gasteiger partial charge on any atom is -0.348 e. The van der Waals surface area contributed by atoms with E-state index in [0.29, 0.717) is 17.9 Å². The fourth-order valence-electron chi connectivity index (χ4n) is 3.51. The maximum Gasteiger partial charge on any atom is 0.225 e. The van der Waals surface area contributed by atoms with E-state index >= 15 is 0 Å². The Hall–Kier alpha value is -0.610. The zero-order chi connectivity index (χ0) is 13.5. The summed E-state index contributed by atoms with van der Waals surface area (Å²) in [6.45, 7) is 3.53. The zero-order valence-corrected chi connectivity index (χ0v) is 12.1. The number of nitrogens with zero attached hydrogens (tertiary/aromatic N) is 1. The van der Waals surface area contributed by atoms with Gasteiger partial charge in [-0.2, -0.15) is 0 Å². The summed E-state index contributed by atoms with van der Waals surface area (Å²) in [4.78, 5) is 14.4. The van der Waals surface area contributed by atoms with Gasteiger partial charge in [0.1, 0.15) is 0 Å². The zero-order valence-electron chi connectivity index (χ0n) is 12.1. The first-order chi connectivity index (χ1) is 9.11. The van der Waals surface area contributed by atoms with E-state index in [0.717, 1.165) is 38.9 Å². The summed E-state index contributed by atoms with van der Waals surface area (Å²) >= 11 is 0. The Morgan fingerprint density at radius 3 is 2.26 bits per heavy atom. The molecule has 0 aromatic heterocycles. The van der Waals surface area contributed by atoms with Crippen molar-refractivity contribution in [1.82, 2.24) is 4.90 Å². The van der Waals surface area contributed by atoms with Gasteiger partial charge >= 0.3 is 0 Å². The molecule has 1 amide bonds. The Morgan fingerprint density at radius 1 is 1.16 bits per heavy atom. The van der Waals surface area contributed by atoms with Crippen molar-refractivity contribution in [1.29, 1.82) is 0 Å². The van der Waals surface area contributed by atoms with E-state index in [1.165, 1.54) is 12.8 Å². The minimum absolute atomic E-state index is 0.208. The summed E-state index contributed by atoms with van der Waals surface area (Å²) < 4.78 is 11.5. The predicted molar refractivity (Wildman–Crippen MR) is 71.5 cm³/mol. The first-order valence-corrected chi connectivity index (χ1v) is 7.66. The number of carbonyl (C=O) groups is 1.